The molecular weight excluding hydrogens is 424 g/mol. The first kappa shape index (κ1) is 21.4. The molecule has 1 saturated heterocycles. The van der Waals surface area contributed by atoms with Crippen LogP contribution in [0.5, 0.6) is 0 Å². The molecule has 1 aromatic heterocycles. The number of non-ortho nitro benzene ring substituents is 1. The number of nitrogens with one attached hydrogen (secondary N) is 1. The number of thiophene rings is 1. The molecule has 1 aromatic carbocycles. The minimum Gasteiger partial charge on any atom is -0.365 e. The van der Waals surface area contributed by atoms with Crippen LogP contribution in [0.25, 0.3) is 0 Å². The van der Waals surface area contributed by atoms with Gasteiger partial charge in [0, 0.05) is 54.9 Å². The van der Waals surface area contributed by atoms with Gasteiger partial charge in [-0.1, -0.05) is 18.9 Å². The van der Waals surface area contributed by atoms with E-state index < -0.39 is 0 Å². The molecule has 1 amide bonds. The average Bonchev–Trinajstić information content (AvgIpc) is 3.52. The Morgan fingerprint density at radius 3 is 2.81 bits per heavy atom. The van der Waals surface area contributed by atoms with Crippen molar-refractivity contribution in [3.05, 3.63) is 56.3 Å². The summed E-state index contributed by atoms with van der Waals surface area (Å²) in [5, 5.41) is 16.6. The zero-order valence-corrected chi connectivity index (χ0v) is 19.1. The second kappa shape index (κ2) is 9.19. The third kappa shape index (κ3) is 4.26. The zero-order chi connectivity index (χ0) is 22.1. The first-order chi connectivity index (χ1) is 15.6. The number of carbonyl (C=O) groups is 1. The summed E-state index contributed by atoms with van der Waals surface area (Å²) >= 11 is 1.71. The topological polar surface area (TPSA) is 78.7 Å². The van der Waals surface area contributed by atoms with Crippen molar-refractivity contribution in [1.29, 1.82) is 0 Å². The van der Waals surface area contributed by atoms with Crippen LogP contribution in [-0.2, 0) is 17.6 Å². The van der Waals surface area contributed by atoms with Crippen molar-refractivity contribution in [2.75, 3.05) is 31.1 Å². The van der Waals surface area contributed by atoms with Gasteiger partial charge in [-0.2, -0.15) is 0 Å². The van der Waals surface area contributed by atoms with E-state index in [9.17, 15) is 14.9 Å². The fourth-order valence-corrected chi connectivity index (χ4v) is 6.45. The summed E-state index contributed by atoms with van der Waals surface area (Å²) in [6.07, 6.45) is 6.51. The van der Waals surface area contributed by atoms with E-state index in [1.165, 1.54) is 30.6 Å². The number of amides is 1. The summed E-state index contributed by atoms with van der Waals surface area (Å²) in [6.45, 7) is 3.37. The number of nitro groups is 1. The smallest absolute Gasteiger partial charge is 0.269 e. The highest BCUT2D eigenvalue weighted by Crippen LogP contribution is 2.39. The molecule has 3 aliphatic rings. The molecule has 3 heterocycles. The van der Waals surface area contributed by atoms with Gasteiger partial charge in [-0.3, -0.25) is 19.8 Å². The lowest BCUT2D eigenvalue weighted by atomic mass is 9.82. The van der Waals surface area contributed by atoms with Gasteiger partial charge < -0.3 is 10.2 Å². The first-order valence-electron chi connectivity index (χ1n) is 11.7. The molecule has 2 fully saturated rings. The van der Waals surface area contributed by atoms with Crippen molar-refractivity contribution in [2.45, 2.75) is 50.6 Å². The summed E-state index contributed by atoms with van der Waals surface area (Å²) in [5.41, 5.74) is 2.08. The second-order valence-corrected chi connectivity index (χ2v) is 10.2. The lowest BCUT2D eigenvalue weighted by Gasteiger charge is -2.50. The number of benzene rings is 1. The van der Waals surface area contributed by atoms with Crippen LogP contribution in [0.4, 0.5) is 11.4 Å². The van der Waals surface area contributed by atoms with Crippen LogP contribution in [0.3, 0.4) is 0 Å². The van der Waals surface area contributed by atoms with Crippen molar-refractivity contribution in [1.82, 2.24) is 10.2 Å². The monoisotopic (exact) mass is 454 g/mol. The first-order valence-corrected chi connectivity index (χ1v) is 12.6. The molecule has 0 bridgehead atoms. The molecule has 2 unspecified atom stereocenters. The molecule has 32 heavy (non-hydrogen) atoms. The number of nitro benzene ring substituents is 1. The summed E-state index contributed by atoms with van der Waals surface area (Å²) in [4.78, 5) is 30.5. The molecule has 0 radical (unpaired) electrons. The Morgan fingerprint density at radius 1 is 1.22 bits per heavy atom. The van der Waals surface area contributed by atoms with Crippen molar-refractivity contribution in [3.8, 4) is 0 Å². The van der Waals surface area contributed by atoms with Crippen molar-refractivity contribution < 1.29 is 9.72 Å². The fraction of sp³-hybridized carbons (Fsp3) is 0.542. The quantitative estimate of drug-likeness (QED) is 0.533. The van der Waals surface area contributed by atoms with Gasteiger partial charge in [0.25, 0.3) is 5.69 Å². The van der Waals surface area contributed by atoms with Crippen molar-refractivity contribution in [2.24, 2.45) is 5.92 Å². The molecule has 2 aliphatic heterocycles. The van der Waals surface area contributed by atoms with E-state index in [-0.39, 0.29) is 28.5 Å². The number of hydrogen-bond acceptors (Lipinski definition) is 6. The van der Waals surface area contributed by atoms with E-state index in [4.69, 9.17) is 0 Å². The van der Waals surface area contributed by atoms with Crippen LogP contribution < -0.4 is 10.2 Å². The van der Waals surface area contributed by atoms with E-state index in [2.05, 4.69) is 26.6 Å². The number of piperazine rings is 1. The molecule has 7 nitrogen and oxygen atoms in total. The lowest BCUT2D eigenvalue weighted by molar-refractivity contribution is -0.384. The van der Waals surface area contributed by atoms with E-state index in [1.54, 1.807) is 23.5 Å². The molecule has 5 rings (SSSR count). The minimum absolute atomic E-state index is 0.0713. The predicted octanol–water partition coefficient (Wildman–Crippen LogP) is 3.62. The summed E-state index contributed by atoms with van der Waals surface area (Å²) < 4.78 is 0. The Morgan fingerprint density at radius 2 is 2.06 bits per heavy atom. The van der Waals surface area contributed by atoms with E-state index >= 15 is 0 Å². The standard InChI is InChI=1S/C24H30N4O3S/c29-24(25-10-9-20-6-3-13-32-20)21-15-17-14-19(28(30)31)7-8-22(17)27-12-11-26(16-23(21)27)18-4-1-2-5-18/h3,6-8,13-14,18,21,23H,1-2,4-5,9-12,15-16H2,(H,25,29). The number of hydrogen-bond donors (Lipinski definition) is 1. The van der Waals surface area contributed by atoms with Crippen LogP contribution in [0.2, 0.25) is 0 Å². The molecule has 2 atom stereocenters. The maximum absolute atomic E-state index is 13.4. The molecule has 170 valence electrons. The summed E-state index contributed by atoms with van der Waals surface area (Å²) in [5.74, 6) is -0.126. The fourth-order valence-electron chi connectivity index (χ4n) is 5.74. The number of carbonyl (C=O) groups excluding carboxylic acids is 1. The number of nitrogens with zero attached hydrogens (tertiary/aromatic N) is 3. The molecule has 1 aliphatic carbocycles. The zero-order valence-electron chi connectivity index (χ0n) is 18.2. The highest BCUT2D eigenvalue weighted by atomic mass is 32.1. The molecular formula is C24H30N4O3S. The molecule has 1 saturated carbocycles. The Bertz CT molecular complexity index is 974. The van der Waals surface area contributed by atoms with Gasteiger partial charge in [0.2, 0.25) is 5.91 Å². The third-order valence-corrected chi connectivity index (χ3v) is 8.30. The van der Waals surface area contributed by atoms with Crippen LogP contribution in [0.15, 0.2) is 35.7 Å². The maximum atomic E-state index is 13.4. The number of fused-ring (bicyclic) bond motifs is 3. The summed E-state index contributed by atoms with van der Waals surface area (Å²) in [6, 6.07) is 10.0. The molecule has 2 aromatic rings. The highest BCUT2D eigenvalue weighted by molar-refractivity contribution is 7.09. The largest absolute Gasteiger partial charge is 0.365 e. The van der Waals surface area contributed by atoms with E-state index in [1.807, 2.05) is 12.1 Å². The van der Waals surface area contributed by atoms with Crippen LogP contribution in [-0.4, -0.2) is 54.0 Å². The second-order valence-electron chi connectivity index (χ2n) is 9.20. The van der Waals surface area contributed by atoms with Crippen molar-refractivity contribution in [3.63, 3.8) is 0 Å². The minimum atomic E-state index is -0.347. The van der Waals surface area contributed by atoms with Gasteiger partial charge in [0.05, 0.1) is 16.9 Å². The molecule has 1 N–H and O–H groups in total. The molecule has 0 spiro atoms. The maximum Gasteiger partial charge on any atom is 0.269 e. The van der Waals surface area contributed by atoms with Gasteiger partial charge in [0.1, 0.15) is 0 Å². The van der Waals surface area contributed by atoms with E-state index in [0.29, 0.717) is 19.0 Å². The van der Waals surface area contributed by atoms with Crippen LogP contribution >= 0.6 is 11.3 Å². The highest BCUT2D eigenvalue weighted by Gasteiger charge is 2.43. The van der Waals surface area contributed by atoms with Gasteiger partial charge in [-0.15, -0.1) is 11.3 Å². The van der Waals surface area contributed by atoms with Gasteiger partial charge >= 0.3 is 0 Å². The lowest BCUT2D eigenvalue weighted by Crippen LogP contribution is -2.62. The van der Waals surface area contributed by atoms with Crippen molar-refractivity contribution >= 4 is 28.6 Å². The molecule has 8 heteroatoms. The van der Waals surface area contributed by atoms with Gasteiger partial charge in [-0.05, 0) is 48.8 Å². The Balaban J connectivity index is 1.37. The van der Waals surface area contributed by atoms with Gasteiger partial charge in [-0.25, -0.2) is 0 Å². The summed E-state index contributed by atoms with van der Waals surface area (Å²) in [7, 11) is 0. The number of anilines is 1. The average molecular weight is 455 g/mol. The normalized spacial score (nSPS) is 23.6. The Hall–Kier alpha value is -2.45. The van der Waals surface area contributed by atoms with Crippen LogP contribution in [0.1, 0.15) is 36.1 Å². The van der Waals surface area contributed by atoms with E-state index in [0.717, 1.165) is 37.3 Å². The number of rotatable bonds is 6. The predicted molar refractivity (Wildman–Crippen MR) is 126 cm³/mol. The third-order valence-electron chi connectivity index (χ3n) is 7.37. The van der Waals surface area contributed by atoms with Crippen LogP contribution in [0, 0.1) is 16.0 Å². The SMILES string of the molecule is O=C(NCCc1cccs1)C1Cc2cc([N+](=O)[O-])ccc2N2CCN(C3CCCC3)CC12. The Kier molecular flexibility index (Phi) is 6.15. The van der Waals surface area contributed by atoms with Gasteiger partial charge in [0.15, 0.2) is 0 Å². The Labute approximate surface area is 192 Å².